The second-order valence-electron chi connectivity index (χ2n) is 5.85. The molecule has 0 saturated carbocycles. The Morgan fingerprint density at radius 1 is 1.36 bits per heavy atom. The summed E-state index contributed by atoms with van der Waals surface area (Å²) in [6.45, 7) is 1.15. The monoisotopic (exact) mass is 347 g/mol. The molecule has 3 heterocycles. The van der Waals surface area contributed by atoms with Crippen LogP contribution in [0.25, 0.3) is 0 Å². The van der Waals surface area contributed by atoms with Gasteiger partial charge in [-0.25, -0.2) is 14.5 Å². The summed E-state index contributed by atoms with van der Waals surface area (Å²) >= 11 is 0. The van der Waals surface area contributed by atoms with E-state index in [1.165, 1.54) is 21.7 Å². The van der Waals surface area contributed by atoms with Crippen LogP contribution in [0.5, 0.6) is 0 Å². The van der Waals surface area contributed by atoms with Crippen LogP contribution in [0.4, 0.5) is 11.5 Å². The lowest BCUT2D eigenvalue weighted by Gasteiger charge is -2.27. The lowest BCUT2D eigenvalue weighted by Crippen LogP contribution is -2.38. The zero-order valence-electron chi connectivity index (χ0n) is 13.8. The van der Waals surface area contributed by atoms with Crippen molar-refractivity contribution < 1.29 is 9.72 Å². The summed E-state index contributed by atoms with van der Waals surface area (Å²) in [5.41, 5.74) is -0.398. The third-order valence-electron chi connectivity index (χ3n) is 3.98. The van der Waals surface area contributed by atoms with Crippen LogP contribution >= 0.6 is 0 Å². The Morgan fingerprint density at radius 2 is 2.12 bits per heavy atom. The van der Waals surface area contributed by atoms with E-state index in [0.29, 0.717) is 31.3 Å². The summed E-state index contributed by atoms with van der Waals surface area (Å²) in [6, 6.07) is 2.96. The van der Waals surface area contributed by atoms with Crippen LogP contribution in [0.1, 0.15) is 5.82 Å². The molecule has 0 spiro atoms. The molecular formula is C14H17N7O4. The van der Waals surface area contributed by atoms with E-state index in [4.69, 9.17) is 0 Å². The molecule has 2 aromatic rings. The summed E-state index contributed by atoms with van der Waals surface area (Å²) < 4.78 is 2.69. The van der Waals surface area contributed by atoms with Crippen LogP contribution in [0.3, 0.4) is 0 Å². The lowest BCUT2D eigenvalue weighted by atomic mass is 10.3. The molecule has 0 atom stereocenters. The molecule has 132 valence electrons. The van der Waals surface area contributed by atoms with Gasteiger partial charge in [0.15, 0.2) is 5.82 Å². The highest BCUT2D eigenvalue weighted by Gasteiger charge is 2.24. The number of anilines is 1. The minimum atomic E-state index is -0.506. The maximum Gasteiger partial charge on any atom is 0.346 e. The van der Waals surface area contributed by atoms with Gasteiger partial charge in [0.05, 0.1) is 11.5 Å². The predicted molar refractivity (Wildman–Crippen MR) is 87.1 cm³/mol. The molecular weight excluding hydrogens is 330 g/mol. The van der Waals surface area contributed by atoms with E-state index in [-0.39, 0.29) is 23.8 Å². The van der Waals surface area contributed by atoms with Crippen molar-refractivity contribution >= 4 is 17.4 Å². The van der Waals surface area contributed by atoms with Gasteiger partial charge in [-0.1, -0.05) is 0 Å². The summed E-state index contributed by atoms with van der Waals surface area (Å²) in [4.78, 5) is 41.7. The molecule has 25 heavy (non-hydrogen) atoms. The van der Waals surface area contributed by atoms with E-state index in [9.17, 15) is 19.7 Å². The molecule has 0 radical (unpaired) electrons. The molecule has 0 N–H and O–H groups in total. The molecule has 0 unspecified atom stereocenters. The van der Waals surface area contributed by atoms with E-state index in [1.807, 2.05) is 4.90 Å². The number of likely N-dealkylation sites (N-methyl/N-ethyl adjacent to an activating group) is 1. The fraction of sp³-hybridized carbons (Fsp3) is 0.429. The van der Waals surface area contributed by atoms with Crippen molar-refractivity contribution in [1.29, 1.82) is 0 Å². The predicted octanol–water partition coefficient (Wildman–Crippen LogP) is -0.544. The summed E-state index contributed by atoms with van der Waals surface area (Å²) in [6.07, 6.45) is 1.20. The Balaban J connectivity index is 1.80. The minimum Gasteiger partial charge on any atom is -0.347 e. The van der Waals surface area contributed by atoms with Crippen molar-refractivity contribution in [2.75, 3.05) is 25.5 Å². The molecule has 1 aliphatic rings. The number of nitrogens with zero attached hydrogens (tertiary/aromatic N) is 7. The van der Waals surface area contributed by atoms with Crippen LogP contribution in [-0.4, -0.2) is 55.7 Å². The molecule has 1 aliphatic heterocycles. The number of carbonyl (C=O) groups excluding carboxylic acids is 1. The van der Waals surface area contributed by atoms with E-state index in [0.717, 1.165) is 4.68 Å². The molecule has 2 aromatic heterocycles. The van der Waals surface area contributed by atoms with Crippen molar-refractivity contribution in [3.05, 3.63) is 44.8 Å². The van der Waals surface area contributed by atoms with Gasteiger partial charge < -0.3 is 9.80 Å². The minimum absolute atomic E-state index is 0.0795. The van der Waals surface area contributed by atoms with Gasteiger partial charge in [0.2, 0.25) is 5.91 Å². The Kier molecular flexibility index (Phi) is 4.21. The summed E-state index contributed by atoms with van der Waals surface area (Å²) in [7, 11) is 3.23. The molecule has 0 saturated heterocycles. The van der Waals surface area contributed by atoms with Crippen LogP contribution in [0, 0.1) is 10.1 Å². The Labute approximate surface area is 142 Å². The summed E-state index contributed by atoms with van der Waals surface area (Å²) in [5.74, 6) is 0.887. The number of fused-ring (bicyclic) bond motifs is 1. The topological polar surface area (TPSA) is 119 Å². The Hall–Kier alpha value is -3.24. The van der Waals surface area contributed by atoms with Gasteiger partial charge in [-0.3, -0.25) is 19.5 Å². The molecule has 11 nitrogen and oxygen atoms in total. The van der Waals surface area contributed by atoms with Gasteiger partial charge in [-0.05, 0) is 6.07 Å². The molecule has 0 fully saturated rings. The number of rotatable bonds is 4. The number of amides is 1. The number of hydrogen-bond donors (Lipinski definition) is 0. The average Bonchev–Trinajstić information content (AvgIpc) is 2.90. The quantitative estimate of drug-likeness (QED) is 0.538. The molecule has 1 amide bonds. The first-order chi connectivity index (χ1) is 11.9. The van der Waals surface area contributed by atoms with Gasteiger partial charge in [0.25, 0.3) is 5.69 Å². The van der Waals surface area contributed by atoms with E-state index in [1.54, 1.807) is 20.2 Å². The molecule has 0 aliphatic carbocycles. The van der Waals surface area contributed by atoms with E-state index in [2.05, 4.69) is 10.1 Å². The molecule has 0 bridgehead atoms. The van der Waals surface area contributed by atoms with Gasteiger partial charge >= 0.3 is 5.69 Å². The maximum absolute atomic E-state index is 12.3. The second kappa shape index (κ2) is 6.34. The van der Waals surface area contributed by atoms with Crippen LogP contribution < -0.4 is 10.6 Å². The zero-order valence-corrected chi connectivity index (χ0v) is 13.8. The van der Waals surface area contributed by atoms with Crippen molar-refractivity contribution in [3.63, 3.8) is 0 Å². The summed E-state index contributed by atoms with van der Waals surface area (Å²) in [5, 5.41) is 14.9. The van der Waals surface area contributed by atoms with Crippen molar-refractivity contribution in [3.8, 4) is 0 Å². The SMILES string of the molecule is CN(C)C(=O)Cn1nc2n(c1=O)CCN(c1ccc([N+](=O)[O-])cn1)C2. The first-order valence-electron chi connectivity index (χ1n) is 7.59. The van der Waals surface area contributed by atoms with Crippen molar-refractivity contribution in [2.45, 2.75) is 19.6 Å². The second-order valence-corrected chi connectivity index (χ2v) is 5.85. The number of hydrogen-bond acceptors (Lipinski definition) is 7. The molecule has 0 aromatic carbocycles. The van der Waals surface area contributed by atoms with Crippen molar-refractivity contribution in [2.24, 2.45) is 0 Å². The highest BCUT2D eigenvalue weighted by atomic mass is 16.6. The fourth-order valence-corrected chi connectivity index (χ4v) is 2.54. The smallest absolute Gasteiger partial charge is 0.346 e. The van der Waals surface area contributed by atoms with Crippen LogP contribution in [0.2, 0.25) is 0 Å². The average molecular weight is 347 g/mol. The van der Waals surface area contributed by atoms with Gasteiger partial charge in [0, 0.05) is 33.3 Å². The third kappa shape index (κ3) is 3.20. The molecule has 3 rings (SSSR count). The van der Waals surface area contributed by atoms with E-state index >= 15 is 0 Å². The highest BCUT2D eigenvalue weighted by Crippen LogP contribution is 2.19. The Morgan fingerprint density at radius 3 is 2.72 bits per heavy atom. The van der Waals surface area contributed by atoms with E-state index < -0.39 is 4.92 Å². The maximum atomic E-state index is 12.3. The largest absolute Gasteiger partial charge is 0.347 e. The van der Waals surface area contributed by atoms with Gasteiger partial charge in [0.1, 0.15) is 18.6 Å². The van der Waals surface area contributed by atoms with Gasteiger partial charge in [-0.15, -0.1) is 0 Å². The van der Waals surface area contributed by atoms with Crippen LogP contribution in [0.15, 0.2) is 23.1 Å². The first kappa shape index (κ1) is 16.6. The standard InChI is InChI=1S/C14H17N7O4/c1-17(2)13(22)9-20-14(23)19-6-5-18(8-12(19)16-20)11-4-3-10(7-15-11)21(24)25/h3-4,7H,5-6,8-9H2,1-2H3. The normalized spacial score (nSPS) is 13.4. The Bertz CT molecular complexity index is 868. The first-order valence-corrected chi connectivity index (χ1v) is 7.59. The molecule has 11 heteroatoms. The van der Waals surface area contributed by atoms with Crippen LogP contribution in [-0.2, 0) is 24.4 Å². The number of nitro groups is 1. The third-order valence-corrected chi connectivity index (χ3v) is 3.98. The number of aromatic nitrogens is 4. The van der Waals surface area contributed by atoms with Crippen molar-refractivity contribution in [1.82, 2.24) is 24.2 Å². The highest BCUT2D eigenvalue weighted by molar-refractivity contribution is 5.75. The number of pyridine rings is 1. The number of carbonyl (C=O) groups is 1. The van der Waals surface area contributed by atoms with Gasteiger partial charge in [-0.2, -0.15) is 5.10 Å². The lowest BCUT2D eigenvalue weighted by molar-refractivity contribution is -0.385. The zero-order chi connectivity index (χ0) is 18.1. The fourth-order valence-electron chi connectivity index (χ4n) is 2.54.